The number of ketones is 1. The van der Waals surface area contributed by atoms with Crippen molar-refractivity contribution in [3.8, 4) is 11.5 Å². The largest absolute Gasteiger partial charge is 0.507 e. The molecule has 37 heavy (non-hydrogen) atoms. The van der Waals surface area contributed by atoms with Gasteiger partial charge in [-0.1, -0.05) is 37.3 Å². The predicted octanol–water partition coefficient (Wildman–Crippen LogP) is 5.46. The lowest BCUT2D eigenvalue weighted by Gasteiger charge is -2.22. The standard InChI is InChI=1S/C28H25N3O5S/c1-15(2)16-8-11-19-22(13-16)37-28(30-19)31-24(20-7-5-6-12-29-20)23(26(33)27(31)34)25(32)18-10-9-17(35-3)14-21(18)36-4/h5-15,24,32H,1-4H3/b25-23+. The van der Waals surface area contributed by atoms with Crippen molar-refractivity contribution in [2.24, 2.45) is 0 Å². The van der Waals surface area contributed by atoms with Gasteiger partial charge in [0.05, 0.1) is 41.3 Å². The smallest absolute Gasteiger partial charge is 0.301 e. The van der Waals surface area contributed by atoms with Gasteiger partial charge >= 0.3 is 5.91 Å². The van der Waals surface area contributed by atoms with Crippen LogP contribution in [0.5, 0.6) is 11.5 Å². The van der Waals surface area contributed by atoms with E-state index in [0.717, 1.165) is 15.8 Å². The quantitative estimate of drug-likeness (QED) is 0.207. The van der Waals surface area contributed by atoms with Crippen LogP contribution in [-0.4, -0.2) is 41.0 Å². The fourth-order valence-corrected chi connectivity index (χ4v) is 5.42. The molecule has 1 fully saturated rings. The highest BCUT2D eigenvalue weighted by molar-refractivity contribution is 7.22. The number of carbonyl (C=O) groups excluding carboxylic acids is 2. The summed E-state index contributed by atoms with van der Waals surface area (Å²) in [5, 5.41) is 11.8. The molecular weight excluding hydrogens is 490 g/mol. The molecule has 0 spiro atoms. The van der Waals surface area contributed by atoms with Crippen molar-refractivity contribution < 1.29 is 24.2 Å². The average molecular weight is 516 g/mol. The SMILES string of the molecule is COc1ccc(/C(O)=C2\C(=O)C(=O)N(c3nc4ccc(C(C)C)cc4s3)C2c2ccccn2)c(OC)c1. The molecule has 2 aromatic heterocycles. The number of carbonyl (C=O) groups is 2. The molecule has 1 amide bonds. The molecule has 0 saturated carbocycles. The van der Waals surface area contributed by atoms with Crippen molar-refractivity contribution in [2.75, 3.05) is 19.1 Å². The molecule has 4 aromatic rings. The fourth-order valence-electron chi connectivity index (χ4n) is 4.38. The van der Waals surface area contributed by atoms with Crippen LogP contribution in [-0.2, 0) is 9.59 Å². The molecule has 1 saturated heterocycles. The second-order valence-corrected chi connectivity index (χ2v) is 9.88. The lowest BCUT2D eigenvalue weighted by atomic mass is 9.98. The summed E-state index contributed by atoms with van der Waals surface area (Å²) in [6.45, 7) is 4.21. The Bertz CT molecular complexity index is 1540. The van der Waals surface area contributed by atoms with E-state index in [1.807, 2.05) is 12.1 Å². The van der Waals surface area contributed by atoms with Crippen LogP contribution in [0.1, 0.15) is 42.6 Å². The Morgan fingerprint density at radius 2 is 1.86 bits per heavy atom. The average Bonchev–Trinajstić information content (AvgIpc) is 3.45. The van der Waals surface area contributed by atoms with Crippen molar-refractivity contribution in [1.29, 1.82) is 0 Å². The lowest BCUT2D eigenvalue weighted by Crippen LogP contribution is -2.29. The van der Waals surface area contributed by atoms with Crippen LogP contribution in [0.3, 0.4) is 0 Å². The first-order valence-electron chi connectivity index (χ1n) is 11.7. The fraction of sp³-hybridized carbons (Fsp3) is 0.214. The number of anilines is 1. The minimum atomic E-state index is -0.974. The van der Waals surface area contributed by atoms with E-state index in [-0.39, 0.29) is 16.9 Å². The third-order valence-electron chi connectivity index (χ3n) is 6.35. The molecule has 0 bridgehead atoms. The second kappa shape index (κ2) is 9.67. The van der Waals surface area contributed by atoms with E-state index in [1.165, 1.54) is 30.5 Å². The van der Waals surface area contributed by atoms with E-state index in [9.17, 15) is 14.7 Å². The van der Waals surface area contributed by atoms with E-state index in [4.69, 9.17) is 9.47 Å². The number of hydrogen-bond acceptors (Lipinski definition) is 8. The van der Waals surface area contributed by atoms with Gasteiger partial charge in [0.25, 0.3) is 5.78 Å². The van der Waals surface area contributed by atoms with Gasteiger partial charge in [0.2, 0.25) is 0 Å². The molecule has 1 aliphatic heterocycles. The Hall–Kier alpha value is -4.24. The number of ether oxygens (including phenoxy) is 2. The molecule has 188 valence electrons. The molecule has 0 aliphatic carbocycles. The minimum absolute atomic E-state index is 0.0886. The van der Waals surface area contributed by atoms with Crippen molar-refractivity contribution in [2.45, 2.75) is 25.8 Å². The van der Waals surface area contributed by atoms with Crippen LogP contribution in [0.2, 0.25) is 0 Å². The number of aliphatic hydroxyl groups is 1. The molecule has 1 atom stereocenters. The summed E-state index contributed by atoms with van der Waals surface area (Å²) < 4.78 is 11.6. The Labute approximate surface area is 217 Å². The summed E-state index contributed by atoms with van der Waals surface area (Å²) in [4.78, 5) is 37.3. The van der Waals surface area contributed by atoms with Gasteiger partial charge < -0.3 is 14.6 Å². The van der Waals surface area contributed by atoms with E-state index in [2.05, 4.69) is 29.9 Å². The summed E-state index contributed by atoms with van der Waals surface area (Å²) in [5.74, 6) is -0.827. The molecule has 1 N–H and O–H groups in total. The number of amides is 1. The first kappa shape index (κ1) is 24.5. The van der Waals surface area contributed by atoms with Crippen molar-refractivity contribution in [3.05, 3.63) is 83.2 Å². The van der Waals surface area contributed by atoms with Crippen LogP contribution in [0.25, 0.3) is 16.0 Å². The number of hydrogen-bond donors (Lipinski definition) is 1. The molecule has 0 radical (unpaired) electrons. The third kappa shape index (κ3) is 4.21. The second-order valence-electron chi connectivity index (χ2n) is 8.87. The van der Waals surface area contributed by atoms with Gasteiger partial charge in [-0.25, -0.2) is 4.98 Å². The molecule has 2 aromatic carbocycles. The zero-order valence-electron chi connectivity index (χ0n) is 20.8. The van der Waals surface area contributed by atoms with Crippen LogP contribution in [0, 0.1) is 0 Å². The van der Waals surface area contributed by atoms with Crippen LogP contribution < -0.4 is 14.4 Å². The third-order valence-corrected chi connectivity index (χ3v) is 7.37. The van der Waals surface area contributed by atoms with Gasteiger partial charge in [-0.15, -0.1) is 0 Å². The Morgan fingerprint density at radius 1 is 1.05 bits per heavy atom. The van der Waals surface area contributed by atoms with Gasteiger partial charge in [-0.05, 0) is 47.9 Å². The minimum Gasteiger partial charge on any atom is -0.507 e. The number of methoxy groups -OCH3 is 2. The molecular formula is C28H25N3O5S. The number of fused-ring (bicyclic) bond motifs is 1. The Kier molecular flexibility index (Phi) is 6.39. The maximum atomic E-state index is 13.5. The summed E-state index contributed by atoms with van der Waals surface area (Å²) >= 11 is 1.32. The number of nitrogens with zero attached hydrogens (tertiary/aromatic N) is 3. The van der Waals surface area contributed by atoms with E-state index in [0.29, 0.717) is 28.2 Å². The summed E-state index contributed by atoms with van der Waals surface area (Å²) in [5.41, 5.74) is 2.47. The maximum absolute atomic E-state index is 13.5. The first-order chi connectivity index (χ1) is 17.8. The normalized spacial score (nSPS) is 17.1. The van der Waals surface area contributed by atoms with Crippen LogP contribution in [0.4, 0.5) is 5.13 Å². The number of benzene rings is 2. The van der Waals surface area contributed by atoms with E-state index >= 15 is 0 Å². The maximum Gasteiger partial charge on any atom is 0.301 e. The number of rotatable bonds is 6. The molecule has 8 nitrogen and oxygen atoms in total. The lowest BCUT2D eigenvalue weighted by molar-refractivity contribution is -0.132. The summed E-state index contributed by atoms with van der Waals surface area (Å²) in [6, 6.07) is 15.1. The molecule has 1 aliphatic rings. The van der Waals surface area contributed by atoms with Crippen molar-refractivity contribution >= 4 is 44.1 Å². The van der Waals surface area contributed by atoms with E-state index < -0.39 is 17.7 Å². The molecule has 3 heterocycles. The monoisotopic (exact) mass is 515 g/mol. The van der Waals surface area contributed by atoms with Gasteiger partial charge in [0.15, 0.2) is 5.13 Å². The van der Waals surface area contributed by atoms with Crippen molar-refractivity contribution in [3.63, 3.8) is 0 Å². The van der Waals surface area contributed by atoms with Gasteiger partial charge in [-0.2, -0.15) is 0 Å². The summed E-state index contributed by atoms with van der Waals surface area (Å²) in [6.07, 6.45) is 1.58. The number of aliphatic hydroxyl groups excluding tert-OH is 1. The molecule has 5 rings (SSSR count). The highest BCUT2D eigenvalue weighted by atomic mass is 32.1. The predicted molar refractivity (Wildman–Crippen MR) is 142 cm³/mol. The highest BCUT2D eigenvalue weighted by Gasteiger charge is 2.49. The van der Waals surface area contributed by atoms with Gasteiger partial charge in [-0.3, -0.25) is 19.5 Å². The molecule has 9 heteroatoms. The number of pyridine rings is 1. The number of thiazole rings is 1. The Balaban J connectivity index is 1.71. The van der Waals surface area contributed by atoms with E-state index in [1.54, 1.807) is 42.6 Å². The molecule has 1 unspecified atom stereocenters. The topological polar surface area (TPSA) is 102 Å². The van der Waals surface area contributed by atoms with Crippen LogP contribution in [0.15, 0.2) is 66.4 Å². The van der Waals surface area contributed by atoms with Crippen LogP contribution >= 0.6 is 11.3 Å². The highest BCUT2D eigenvalue weighted by Crippen LogP contribution is 2.45. The number of Topliss-reactive ketones (excluding diaryl/α,β-unsaturated/α-hetero) is 1. The summed E-state index contributed by atoms with van der Waals surface area (Å²) in [7, 11) is 2.97. The zero-order chi connectivity index (χ0) is 26.3. The first-order valence-corrected chi connectivity index (χ1v) is 12.5. The van der Waals surface area contributed by atoms with Crippen molar-refractivity contribution in [1.82, 2.24) is 9.97 Å². The zero-order valence-corrected chi connectivity index (χ0v) is 21.6. The Morgan fingerprint density at radius 3 is 2.54 bits per heavy atom. The van der Waals surface area contributed by atoms with Gasteiger partial charge in [0, 0.05) is 12.3 Å². The number of aromatic nitrogens is 2. The van der Waals surface area contributed by atoms with Gasteiger partial charge in [0.1, 0.15) is 23.3 Å².